The summed E-state index contributed by atoms with van der Waals surface area (Å²) in [7, 11) is 0. The van der Waals surface area contributed by atoms with Crippen LogP contribution in [0.2, 0.25) is 0 Å². The molecule has 0 saturated heterocycles. The zero-order chi connectivity index (χ0) is 15.0. The first-order chi connectivity index (χ1) is 10.8. The summed E-state index contributed by atoms with van der Waals surface area (Å²) < 4.78 is 0. The topological polar surface area (TPSA) is 29.1 Å². The summed E-state index contributed by atoms with van der Waals surface area (Å²) in [4.78, 5) is 12.5. The van der Waals surface area contributed by atoms with Crippen molar-refractivity contribution < 1.29 is 4.79 Å². The minimum Gasteiger partial charge on any atom is -0.334 e. The van der Waals surface area contributed by atoms with Gasteiger partial charge in [0.2, 0.25) is 0 Å². The Morgan fingerprint density at radius 2 is 1.14 bits per heavy atom. The molecule has 0 radical (unpaired) electrons. The van der Waals surface area contributed by atoms with E-state index in [1.165, 1.54) is 0 Å². The van der Waals surface area contributed by atoms with E-state index in [9.17, 15) is 4.79 Å². The number of nitrogens with one attached hydrogen (secondary N) is 1. The van der Waals surface area contributed by atoms with E-state index < -0.39 is 5.54 Å². The van der Waals surface area contributed by atoms with E-state index >= 15 is 0 Å². The van der Waals surface area contributed by atoms with Crippen molar-refractivity contribution >= 4 is 5.91 Å². The minimum atomic E-state index is -0.615. The summed E-state index contributed by atoms with van der Waals surface area (Å²) in [5, 5.41) is 3.23. The maximum atomic E-state index is 12.5. The van der Waals surface area contributed by atoms with E-state index in [0.29, 0.717) is 0 Å². The van der Waals surface area contributed by atoms with Gasteiger partial charge in [0.1, 0.15) is 5.54 Å². The van der Waals surface area contributed by atoms with E-state index in [1.54, 1.807) is 0 Å². The quantitative estimate of drug-likeness (QED) is 0.764. The smallest absolute Gasteiger partial charge is 0.252 e. The molecule has 3 aromatic carbocycles. The fourth-order valence-corrected chi connectivity index (χ4v) is 3.31. The predicted molar refractivity (Wildman–Crippen MR) is 86.7 cm³/mol. The molecule has 1 amide bonds. The summed E-state index contributed by atoms with van der Waals surface area (Å²) in [6.07, 6.45) is 0. The predicted octanol–water partition coefficient (Wildman–Crippen LogP) is 3.72. The summed E-state index contributed by atoms with van der Waals surface area (Å²) in [6.45, 7) is 0. The molecule has 0 fully saturated rings. The van der Waals surface area contributed by atoms with Gasteiger partial charge in [0.15, 0.2) is 0 Å². The third-order valence-corrected chi connectivity index (χ3v) is 4.29. The first kappa shape index (κ1) is 12.8. The minimum absolute atomic E-state index is 0.0247. The molecule has 4 rings (SSSR count). The molecule has 0 aromatic heterocycles. The van der Waals surface area contributed by atoms with Crippen LogP contribution in [0.3, 0.4) is 0 Å². The lowest BCUT2D eigenvalue weighted by atomic mass is 9.78. The Morgan fingerprint density at radius 1 is 0.636 bits per heavy atom. The SMILES string of the molecule is O=C1NC(c2ccccc2)(c2ccccc2)c2ccccc21. The van der Waals surface area contributed by atoms with Gasteiger partial charge in [-0.1, -0.05) is 78.9 Å². The Kier molecular flexibility index (Phi) is 2.83. The standard InChI is InChI=1S/C20H15NO/c22-19-17-13-7-8-14-18(17)20(21-19,15-9-3-1-4-10-15)16-11-5-2-6-12-16/h1-14H,(H,21,22). The molecule has 1 aliphatic rings. The van der Waals surface area contributed by atoms with Gasteiger partial charge in [-0.3, -0.25) is 4.79 Å². The van der Waals surface area contributed by atoms with Crippen LogP contribution < -0.4 is 5.32 Å². The molecule has 2 nitrogen and oxygen atoms in total. The average molecular weight is 285 g/mol. The molecule has 1 N–H and O–H groups in total. The molecule has 1 heterocycles. The molecule has 0 bridgehead atoms. The van der Waals surface area contributed by atoms with Crippen molar-refractivity contribution in [2.45, 2.75) is 5.54 Å². The second-order valence-electron chi connectivity index (χ2n) is 5.48. The molecule has 2 heteroatoms. The highest BCUT2D eigenvalue weighted by Crippen LogP contribution is 2.42. The number of hydrogen-bond donors (Lipinski definition) is 1. The molecule has 106 valence electrons. The zero-order valence-corrected chi connectivity index (χ0v) is 12.0. The number of rotatable bonds is 2. The first-order valence-electron chi connectivity index (χ1n) is 7.35. The number of benzene rings is 3. The number of amides is 1. The summed E-state index contributed by atoms with van der Waals surface area (Å²) >= 11 is 0. The van der Waals surface area contributed by atoms with Crippen molar-refractivity contribution in [2.24, 2.45) is 0 Å². The molecule has 0 spiro atoms. The van der Waals surface area contributed by atoms with E-state index in [1.807, 2.05) is 60.7 Å². The lowest BCUT2D eigenvalue weighted by molar-refractivity contribution is 0.0948. The van der Waals surface area contributed by atoms with Crippen LogP contribution >= 0.6 is 0 Å². The maximum Gasteiger partial charge on any atom is 0.252 e. The van der Waals surface area contributed by atoms with Gasteiger partial charge in [0.05, 0.1) is 0 Å². The van der Waals surface area contributed by atoms with Crippen LogP contribution in [0, 0.1) is 0 Å². The van der Waals surface area contributed by atoms with E-state index in [2.05, 4.69) is 29.6 Å². The van der Waals surface area contributed by atoms with Crippen LogP contribution in [-0.2, 0) is 5.54 Å². The van der Waals surface area contributed by atoms with Crippen molar-refractivity contribution in [3.63, 3.8) is 0 Å². The Bertz CT molecular complexity index is 785. The average Bonchev–Trinajstić information content (AvgIpc) is 2.91. The lowest BCUT2D eigenvalue weighted by Crippen LogP contribution is -2.41. The highest BCUT2D eigenvalue weighted by molar-refractivity contribution is 6.01. The number of carbonyl (C=O) groups excluding carboxylic acids is 1. The van der Waals surface area contributed by atoms with Gasteiger partial charge in [-0.15, -0.1) is 0 Å². The second kappa shape index (κ2) is 4.85. The van der Waals surface area contributed by atoms with Gasteiger partial charge in [0, 0.05) is 5.56 Å². The molecule has 22 heavy (non-hydrogen) atoms. The van der Waals surface area contributed by atoms with Crippen LogP contribution in [-0.4, -0.2) is 5.91 Å². The summed E-state index contributed by atoms with van der Waals surface area (Å²) in [5.74, 6) is -0.0247. The third kappa shape index (κ3) is 1.70. The van der Waals surface area contributed by atoms with Gasteiger partial charge < -0.3 is 5.32 Å². The Labute approximate surface area is 129 Å². The summed E-state index contributed by atoms with van der Waals surface area (Å²) in [6, 6.07) is 28.1. The van der Waals surface area contributed by atoms with Crippen LogP contribution in [0.4, 0.5) is 0 Å². The Morgan fingerprint density at radius 3 is 1.73 bits per heavy atom. The number of hydrogen-bond acceptors (Lipinski definition) is 1. The van der Waals surface area contributed by atoms with Crippen molar-refractivity contribution in [3.8, 4) is 0 Å². The van der Waals surface area contributed by atoms with Gasteiger partial charge >= 0.3 is 0 Å². The fourth-order valence-electron chi connectivity index (χ4n) is 3.31. The highest BCUT2D eigenvalue weighted by atomic mass is 16.2. The van der Waals surface area contributed by atoms with Crippen LogP contribution in [0.5, 0.6) is 0 Å². The van der Waals surface area contributed by atoms with Crippen LogP contribution in [0.1, 0.15) is 27.0 Å². The van der Waals surface area contributed by atoms with Crippen molar-refractivity contribution in [2.75, 3.05) is 0 Å². The maximum absolute atomic E-state index is 12.5. The first-order valence-corrected chi connectivity index (χ1v) is 7.35. The molecule has 0 atom stereocenters. The molecule has 0 unspecified atom stereocenters. The highest BCUT2D eigenvalue weighted by Gasteiger charge is 2.45. The van der Waals surface area contributed by atoms with E-state index in [4.69, 9.17) is 0 Å². The van der Waals surface area contributed by atoms with E-state index in [0.717, 1.165) is 22.3 Å². The molecule has 1 aliphatic heterocycles. The molecule has 3 aromatic rings. The van der Waals surface area contributed by atoms with Gasteiger partial charge in [-0.2, -0.15) is 0 Å². The monoisotopic (exact) mass is 285 g/mol. The molecular formula is C20H15NO. The number of fused-ring (bicyclic) bond motifs is 1. The largest absolute Gasteiger partial charge is 0.334 e. The van der Waals surface area contributed by atoms with Crippen molar-refractivity contribution in [1.29, 1.82) is 0 Å². The van der Waals surface area contributed by atoms with Crippen LogP contribution in [0.25, 0.3) is 0 Å². The van der Waals surface area contributed by atoms with Gasteiger partial charge in [-0.25, -0.2) is 0 Å². The van der Waals surface area contributed by atoms with Crippen molar-refractivity contribution in [3.05, 3.63) is 107 Å². The van der Waals surface area contributed by atoms with E-state index in [-0.39, 0.29) is 5.91 Å². The lowest BCUT2D eigenvalue weighted by Gasteiger charge is -2.32. The number of carbonyl (C=O) groups is 1. The fraction of sp³-hybridized carbons (Fsp3) is 0.0500. The third-order valence-electron chi connectivity index (χ3n) is 4.29. The second-order valence-corrected chi connectivity index (χ2v) is 5.48. The van der Waals surface area contributed by atoms with Crippen molar-refractivity contribution in [1.82, 2.24) is 5.32 Å². The van der Waals surface area contributed by atoms with Gasteiger partial charge in [0.25, 0.3) is 5.91 Å². The Hall–Kier alpha value is -2.87. The molecule has 0 aliphatic carbocycles. The Balaban J connectivity index is 2.06. The van der Waals surface area contributed by atoms with Crippen LogP contribution in [0.15, 0.2) is 84.9 Å². The summed E-state index contributed by atoms with van der Waals surface area (Å²) in [5.41, 5.74) is 3.28. The molecular weight excluding hydrogens is 270 g/mol. The molecule has 0 saturated carbocycles. The normalized spacial score (nSPS) is 15.2. The zero-order valence-electron chi connectivity index (χ0n) is 12.0. The van der Waals surface area contributed by atoms with Gasteiger partial charge in [-0.05, 0) is 22.8 Å².